The zero-order valence-electron chi connectivity index (χ0n) is 13.2. The number of oxazole rings is 1. The number of benzene rings is 1. The molecule has 5 heteroatoms. The molecule has 3 rings (SSSR count). The number of nitrogens with zero attached hydrogens (tertiary/aromatic N) is 2. The predicted octanol–water partition coefficient (Wildman–Crippen LogP) is 4.20. The zero-order valence-corrected chi connectivity index (χ0v) is 13.2. The van der Waals surface area contributed by atoms with E-state index in [1.54, 1.807) is 18.7 Å². The maximum absolute atomic E-state index is 5.64. The Morgan fingerprint density at radius 2 is 1.65 bits per heavy atom. The van der Waals surface area contributed by atoms with E-state index in [0.29, 0.717) is 24.9 Å². The molecule has 0 aliphatic heterocycles. The van der Waals surface area contributed by atoms with Gasteiger partial charge < -0.3 is 13.9 Å². The van der Waals surface area contributed by atoms with Gasteiger partial charge in [-0.05, 0) is 44.2 Å². The van der Waals surface area contributed by atoms with Gasteiger partial charge >= 0.3 is 0 Å². The van der Waals surface area contributed by atoms with Crippen LogP contribution in [0.4, 0.5) is 0 Å². The highest BCUT2D eigenvalue weighted by Crippen LogP contribution is 2.33. The van der Waals surface area contributed by atoms with Crippen molar-refractivity contribution >= 4 is 0 Å². The summed E-state index contributed by atoms with van der Waals surface area (Å²) in [4.78, 5) is 8.54. The van der Waals surface area contributed by atoms with Crippen LogP contribution in [-0.4, -0.2) is 23.2 Å². The second kappa shape index (κ2) is 6.96. The van der Waals surface area contributed by atoms with Crippen LogP contribution in [0.2, 0.25) is 0 Å². The summed E-state index contributed by atoms with van der Waals surface area (Å²) in [5.41, 5.74) is 2.58. The molecule has 0 spiro atoms. The molecule has 0 N–H and O–H groups in total. The van der Waals surface area contributed by atoms with E-state index in [4.69, 9.17) is 13.9 Å². The van der Waals surface area contributed by atoms with E-state index in [0.717, 1.165) is 22.6 Å². The highest BCUT2D eigenvalue weighted by molar-refractivity contribution is 5.64. The standard InChI is InChI=1S/C18H18N2O3/c1-3-21-16-6-5-14(11-17(16)22-4-2)18-20-15(12-23-18)13-7-9-19-10-8-13/h5-12H,3-4H2,1-2H3. The maximum Gasteiger partial charge on any atom is 0.226 e. The molecule has 0 atom stereocenters. The molecule has 0 aliphatic rings. The highest BCUT2D eigenvalue weighted by Gasteiger charge is 2.12. The summed E-state index contributed by atoms with van der Waals surface area (Å²) in [5.74, 6) is 1.95. The van der Waals surface area contributed by atoms with Crippen molar-refractivity contribution in [1.29, 1.82) is 0 Å². The lowest BCUT2D eigenvalue weighted by molar-refractivity contribution is 0.288. The number of hydrogen-bond acceptors (Lipinski definition) is 5. The first-order valence-corrected chi connectivity index (χ1v) is 7.57. The Hall–Kier alpha value is -2.82. The van der Waals surface area contributed by atoms with Crippen molar-refractivity contribution in [2.45, 2.75) is 13.8 Å². The first kappa shape index (κ1) is 15.1. The number of ether oxygens (including phenoxy) is 2. The van der Waals surface area contributed by atoms with Gasteiger partial charge in [0, 0.05) is 23.5 Å². The van der Waals surface area contributed by atoms with Gasteiger partial charge in [0.2, 0.25) is 5.89 Å². The number of aromatic nitrogens is 2. The molecule has 0 aliphatic carbocycles. The Bertz CT molecular complexity index is 769. The Balaban J connectivity index is 1.93. The van der Waals surface area contributed by atoms with Crippen molar-refractivity contribution in [2.24, 2.45) is 0 Å². The second-order valence-electron chi connectivity index (χ2n) is 4.80. The molecule has 0 unspecified atom stereocenters. The topological polar surface area (TPSA) is 57.4 Å². The zero-order chi connectivity index (χ0) is 16.1. The molecule has 0 amide bonds. The van der Waals surface area contributed by atoms with Crippen LogP contribution in [0.25, 0.3) is 22.7 Å². The fraction of sp³-hybridized carbons (Fsp3) is 0.222. The molecule has 0 bridgehead atoms. The summed E-state index contributed by atoms with van der Waals surface area (Å²) < 4.78 is 16.8. The first-order chi connectivity index (χ1) is 11.3. The Kier molecular flexibility index (Phi) is 4.57. The van der Waals surface area contributed by atoms with E-state index < -0.39 is 0 Å². The van der Waals surface area contributed by atoms with Gasteiger partial charge in [0.15, 0.2) is 11.5 Å². The average molecular weight is 310 g/mol. The SMILES string of the molecule is CCOc1ccc(-c2nc(-c3ccncc3)co2)cc1OCC. The molecule has 1 aromatic carbocycles. The van der Waals surface area contributed by atoms with Crippen LogP contribution in [0.5, 0.6) is 11.5 Å². The summed E-state index contributed by atoms with van der Waals surface area (Å²) in [7, 11) is 0. The molecule has 3 aromatic rings. The third kappa shape index (κ3) is 3.34. The summed E-state index contributed by atoms with van der Waals surface area (Å²) in [6, 6.07) is 9.46. The van der Waals surface area contributed by atoms with E-state index in [1.807, 2.05) is 44.2 Å². The monoisotopic (exact) mass is 310 g/mol. The summed E-state index contributed by atoms with van der Waals surface area (Å²) in [5, 5.41) is 0. The van der Waals surface area contributed by atoms with Crippen LogP contribution in [-0.2, 0) is 0 Å². The molecule has 2 aromatic heterocycles. The van der Waals surface area contributed by atoms with Gasteiger partial charge in [0.05, 0.1) is 13.2 Å². The van der Waals surface area contributed by atoms with Gasteiger partial charge in [0.25, 0.3) is 0 Å². The fourth-order valence-corrected chi connectivity index (χ4v) is 2.25. The molecule has 23 heavy (non-hydrogen) atoms. The summed E-state index contributed by atoms with van der Waals surface area (Å²) in [6.45, 7) is 5.04. The van der Waals surface area contributed by atoms with Gasteiger partial charge in [-0.2, -0.15) is 0 Å². The van der Waals surface area contributed by atoms with E-state index in [9.17, 15) is 0 Å². The quantitative estimate of drug-likeness (QED) is 0.683. The molecule has 5 nitrogen and oxygen atoms in total. The van der Waals surface area contributed by atoms with Gasteiger partial charge in [-0.25, -0.2) is 4.98 Å². The summed E-state index contributed by atoms with van der Waals surface area (Å²) >= 11 is 0. The molecular weight excluding hydrogens is 292 g/mol. The van der Waals surface area contributed by atoms with Crippen LogP contribution in [0.1, 0.15) is 13.8 Å². The number of rotatable bonds is 6. The Morgan fingerprint density at radius 1 is 0.913 bits per heavy atom. The third-order valence-corrected chi connectivity index (χ3v) is 3.27. The molecule has 118 valence electrons. The van der Waals surface area contributed by atoms with Gasteiger partial charge in [-0.15, -0.1) is 0 Å². The van der Waals surface area contributed by atoms with E-state index >= 15 is 0 Å². The average Bonchev–Trinajstić information content (AvgIpc) is 3.08. The van der Waals surface area contributed by atoms with Crippen LogP contribution in [0.3, 0.4) is 0 Å². The largest absolute Gasteiger partial charge is 0.490 e. The molecule has 0 radical (unpaired) electrons. The Morgan fingerprint density at radius 3 is 2.39 bits per heavy atom. The van der Waals surface area contributed by atoms with Crippen LogP contribution in [0, 0.1) is 0 Å². The van der Waals surface area contributed by atoms with E-state index in [2.05, 4.69) is 9.97 Å². The van der Waals surface area contributed by atoms with Gasteiger partial charge in [0.1, 0.15) is 12.0 Å². The van der Waals surface area contributed by atoms with Crippen LogP contribution >= 0.6 is 0 Å². The molecule has 2 heterocycles. The summed E-state index contributed by atoms with van der Waals surface area (Å²) in [6.07, 6.45) is 5.10. The molecule has 0 saturated carbocycles. The number of pyridine rings is 1. The van der Waals surface area contributed by atoms with Crippen molar-refractivity contribution in [1.82, 2.24) is 9.97 Å². The van der Waals surface area contributed by atoms with Gasteiger partial charge in [-0.1, -0.05) is 0 Å². The van der Waals surface area contributed by atoms with Crippen molar-refractivity contribution < 1.29 is 13.9 Å². The lowest BCUT2D eigenvalue weighted by Crippen LogP contribution is -1.98. The normalized spacial score (nSPS) is 10.5. The minimum atomic E-state index is 0.542. The second-order valence-corrected chi connectivity index (χ2v) is 4.80. The maximum atomic E-state index is 5.64. The van der Waals surface area contributed by atoms with Crippen LogP contribution in [0.15, 0.2) is 53.4 Å². The minimum absolute atomic E-state index is 0.542. The molecule has 0 saturated heterocycles. The van der Waals surface area contributed by atoms with E-state index in [-0.39, 0.29) is 0 Å². The highest BCUT2D eigenvalue weighted by atomic mass is 16.5. The predicted molar refractivity (Wildman–Crippen MR) is 87.5 cm³/mol. The Labute approximate surface area is 134 Å². The van der Waals surface area contributed by atoms with Crippen molar-refractivity contribution in [3.05, 3.63) is 49.0 Å². The molecule has 0 fully saturated rings. The van der Waals surface area contributed by atoms with Crippen molar-refractivity contribution in [2.75, 3.05) is 13.2 Å². The lowest BCUT2D eigenvalue weighted by atomic mass is 10.2. The first-order valence-electron chi connectivity index (χ1n) is 7.57. The number of hydrogen-bond donors (Lipinski definition) is 0. The van der Waals surface area contributed by atoms with Crippen molar-refractivity contribution in [3.63, 3.8) is 0 Å². The molecular formula is C18H18N2O3. The fourth-order valence-electron chi connectivity index (χ4n) is 2.25. The lowest BCUT2D eigenvalue weighted by Gasteiger charge is -2.11. The van der Waals surface area contributed by atoms with Crippen LogP contribution < -0.4 is 9.47 Å². The van der Waals surface area contributed by atoms with Gasteiger partial charge in [-0.3, -0.25) is 4.98 Å². The third-order valence-electron chi connectivity index (χ3n) is 3.27. The van der Waals surface area contributed by atoms with E-state index in [1.165, 1.54) is 0 Å². The van der Waals surface area contributed by atoms with Crippen molar-refractivity contribution in [3.8, 4) is 34.2 Å². The smallest absolute Gasteiger partial charge is 0.226 e. The minimum Gasteiger partial charge on any atom is -0.490 e.